The summed E-state index contributed by atoms with van der Waals surface area (Å²) in [5.41, 5.74) is 4.15. The van der Waals surface area contributed by atoms with Gasteiger partial charge in [0.05, 0.1) is 11.9 Å². The first-order chi connectivity index (χ1) is 15.5. The summed E-state index contributed by atoms with van der Waals surface area (Å²) in [6.45, 7) is 1.74. The Morgan fingerprint density at radius 3 is 3.03 bits per heavy atom. The molecule has 162 valence electrons. The van der Waals surface area contributed by atoms with Gasteiger partial charge in [-0.05, 0) is 61.9 Å². The number of carbonyl (C=O) groups excluding carboxylic acids is 1. The maximum absolute atomic E-state index is 12.7. The van der Waals surface area contributed by atoms with E-state index in [4.69, 9.17) is 16.0 Å². The van der Waals surface area contributed by atoms with E-state index in [1.165, 1.54) is 6.39 Å². The molecule has 1 atom stereocenters. The van der Waals surface area contributed by atoms with Crippen molar-refractivity contribution in [3.05, 3.63) is 76.8 Å². The molecule has 0 spiro atoms. The van der Waals surface area contributed by atoms with E-state index in [1.807, 2.05) is 24.3 Å². The lowest BCUT2D eigenvalue weighted by Crippen LogP contribution is -2.14. The lowest BCUT2D eigenvalue weighted by atomic mass is 9.91. The number of hydrogen-bond donors (Lipinski definition) is 3. The fraction of sp³-hybridized carbons (Fsp3) is 0.217. The molecule has 1 amide bonds. The molecule has 0 saturated carbocycles. The van der Waals surface area contributed by atoms with Gasteiger partial charge >= 0.3 is 0 Å². The van der Waals surface area contributed by atoms with Crippen LogP contribution < -0.4 is 16.0 Å². The summed E-state index contributed by atoms with van der Waals surface area (Å²) in [6.07, 6.45) is 11.7. The fourth-order valence-electron chi connectivity index (χ4n) is 3.87. The smallest absolute Gasteiger partial charge is 0.293 e. The van der Waals surface area contributed by atoms with E-state index in [-0.39, 0.29) is 11.7 Å². The maximum atomic E-state index is 12.7. The fourth-order valence-corrected chi connectivity index (χ4v) is 4.01. The molecular weight excluding hydrogens is 428 g/mol. The molecule has 6 bridgehead atoms. The van der Waals surface area contributed by atoms with E-state index >= 15 is 0 Å². The van der Waals surface area contributed by atoms with Crippen LogP contribution in [0.5, 0.6) is 0 Å². The number of oxazole rings is 1. The van der Waals surface area contributed by atoms with Crippen molar-refractivity contribution < 1.29 is 9.21 Å². The second kappa shape index (κ2) is 8.47. The average molecular weight is 449 g/mol. The molecule has 2 aromatic heterocycles. The first-order valence-corrected chi connectivity index (χ1v) is 10.7. The third kappa shape index (κ3) is 4.22. The number of halogens is 1. The van der Waals surface area contributed by atoms with E-state index in [0.29, 0.717) is 28.4 Å². The first-order valence-electron chi connectivity index (χ1n) is 10.3. The third-order valence-electron chi connectivity index (χ3n) is 5.53. The molecular formula is C23H21ClN6O2. The van der Waals surface area contributed by atoms with Crippen LogP contribution in [0.1, 0.15) is 34.7 Å². The zero-order valence-electron chi connectivity index (χ0n) is 17.4. The van der Waals surface area contributed by atoms with E-state index in [9.17, 15) is 4.79 Å². The van der Waals surface area contributed by atoms with Crippen LogP contribution >= 0.6 is 11.6 Å². The molecule has 1 aliphatic heterocycles. The highest BCUT2D eigenvalue weighted by molar-refractivity contribution is 6.32. The zero-order valence-corrected chi connectivity index (χ0v) is 18.1. The standard InChI is InChI=1S/C23H21ClN6O2/c1-13-20(32-12-26-13)22(31)29-19-8-7-17-10-15(19)6-5-14-3-2-4-16(9-14)28-23-25-11-18(24)21(27-17)30-23/h2-4,7-8,10-12,14H,5-6,9H2,1H3,(H,29,31)(H2,25,27,28,30). The minimum Gasteiger partial charge on any atom is -0.438 e. The second-order valence-electron chi connectivity index (χ2n) is 7.81. The number of nitrogens with zero attached hydrogens (tertiary/aromatic N) is 3. The average Bonchev–Trinajstić information content (AvgIpc) is 3.22. The van der Waals surface area contributed by atoms with Crippen molar-refractivity contribution in [2.24, 2.45) is 5.92 Å². The Balaban J connectivity index is 1.50. The van der Waals surface area contributed by atoms with Crippen LogP contribution in [0, 0.1) is 12.8 Å². The molecule has 32 heavy (non-hydrogen) atoms. The molecule has 3 heterocycles. The van der Waals surface area contributed by atoms with Crippen LogP contribution in [0.2, 0.25) is 5.02 Å². The van der Waals surface area contributed by atoms with Crippen molar-refractivity contribution in [2.75, 3.05) is 16.0 Å². The quantitative estimate of drug-likeness (QED) is 0.492. The van der Waals surface area contributed by atoms with Crippen molar-refractivity contribution in [3.8, 4) is 0 Å². The Kier molecular flexibility index (Phi) is 5.36. The third-order valence-corrected chi connectivity index (χ3v) is 5.81. The van der Waals surface area contributed by atoms with Gasteiger partial charge in [-0.15, -0.1) is 0 Å². The number of amides is 1. The highest BCUT2D eigenvalue weighted by Crippen LogP contribution is 2.31. The molecule has 2 aliphatic rings. The Morgan fingerprint density at radius 2 is 2.19 bits per heavy atom. The Bertz CT molecular complexity index is 1250. The predicted octanol–water partition coefficient (Wildman–Crippen LogP) is 5.24. The highest BCUT2D eigenvalue weighted by Gasteiger charge is 2.19. The van der Waals surface area contributed by atoms with Gasteiger partial charge < -0.3 is 20.4 Å². The Morgan fingerprint density at radius 1 is 1.28 bits per heavy atom. The number of allylic oxidation sites excluding steroid dienone is 4. The van der Waals surface area contributed by atoms with Crippen molar-refractivity contribution in [2.45, 2.75) is 26.2 Å². The van der Waals surface area contributed by atoms with Crippen molar-refractivity contribution in [3.63, 3.8) is 0 Å². The monoisotopic (exact) mass is 448 g/mol. The number of hydrogen-bond acceptors (Lipinski definition) is 7. The van der Waals surface area contributed by atoms with Crippen molar-refractivity contribution >= 4 is 40.6 Å². The van der Waals surface area contributed by atoms with Gasteiger partial charge in [0.15, 0.2) is 12.2 Å². The van der Waals surface area contributed by atoms with E-state index in [1.54, 1.807) is 13.1 Å². The van der Waals surface area contributed by atoms with Crippen LogP contribution in [0.25, 0.3) is 0 Å². The minimum atomic E-state index is -0.324. The summed E-state index contributed by atoms with van der Waals surface area (Å²) in [7, 11) is 0. The van der Waals surface area contributed by atoms with Crippen LogP contribution in [0.4, 0.5) is 23.1 Å². The van der Waals surface area contributed by atoms with E-state index in [0.717, 1.165) is 41.9 Å². The number of carbonyl (C=O) groups is 1. The Labute approximate surface area is 189 Å². The zero-order chi connectivity index (χ0) is 22.1. The van der Waals surface area contributed by atoms with E-state index < -0.39 is 0 Å². The molecule has 8 nitrogen and oxygen atoms in total. The van der Waals surface area contributed by atoms with Gasteiger partial charge in [-0.3, -0.25) is 4.79 Å². The van der Waals surface area contributed by atoms with Crippen molar-refractivity contribution in [1.82, 2.24) is 15.0 Å². The number of benzene rings is 1. The van der Waals surface area contributed by atoms with Gasteiger partial charge in [0.1, 0.15) is 5.02 Å². The number of nitrogens with one attached hydrogen (secondary N) is 3. The van der Waals surface area contributed by atoms with Gasteiger partial charge in [0.2, 0.25) is 11.7 Å². The number of aryl methyl sites for hydroxylation is 2. The molecule has 1 aliphatic carbocycles. The van der Waals surface area contributed by atoms with Crippen LogP contribution in [0.15, 0.2) is 59.1 Å². The number of rotatable bonds is 2. The molecule has 5 rings (SSSR count). The van der Waals surface area contributed by atoms with Gasteiger partial charge in [0.25, 0.3) is 5.91 Å². The van der Waals surface area contributed by atoms with Crippen LogP contribution in [-0.4, -0.2) is 20.9 Å². The largest absolute Gasteiger partial charge is 0.438 e. The molecule has 0 saturated heterocycles. The molecule has 0 fully saturated rings. The van der Waals surface area contributed by atoms with Gasteiger partial charge in [-0.1, -0.05) is 23.8 Å². The summed E-state index contributed by atoms with van der Waals surface area (Å²) < 4.78 is 5.24. The van der Waals surface area contributed by atoms with Crippen molar-refractivity contribution in [1.29, 1.82) is 0 Å². The molecule has 3 aromatic rings. The lowest BCUT2D eigenvalue weighted by molar-refractivity contribution is 0.0995. The van der Waals surface area contributed by atoms with E-state index in [2.05, 4.69) is 43.1 Å². The first kappa shape index (κ1) is 20.3. The van der Waals surface area contributed by atoms with Gasteiger partial charge in [-0.2, -0.15) is 4.98 Å². The topological polar surface area (TPSA) is 105 Å². The number of fused-ring (bicyclic) bond motifs is 6. The Hall–Kier alpha value is -3.65. The SMILES string of the molecule is Cc1ncoc1C(=O)Nc1ccc2cc1CCC1C=CC=C(C1)Nc1ncc(Cl)c(n1)N2. The number of aromatic nitrogens is 3. The summed E-state index contributed by atoms with van der Waals surface area (Å²) in [5.74, 6) is 1.23. The summed E-state index contributed by atoms with van der Waals surface area (Å²) in [5, 5.41) is 9.95. The maximum Gasteiger partial charge on any atom is 0.293 e. The predicted molar refractivity (Wildman–Crippen MR) is 123 cm³/mol. The van der Waals surface area contributed by atoms with Crippen LogP contribution in [-0.2, 0) is 6.42 Å². The number of anilines is 4. The molecule has 0 radical (unpaired) electrons. The minimum absolute atomic E-state index is 0.209. The molecule has 1 unspecified atom stereocenters. The molecule has 9 heteroatoms. The molecule has 1 aromatic carbocycles. The van der Waals surface area contributed by atoms with Gasteiger partial charge in [0, 0.05) is 17.1 Å². The summed E-state index contributed by atoms with van der Waals surface area (Å²) in [6, 6.07) is 5.76. The second-order valence-corrected chi connectivity index (χ2v) is 8.22. The van der Waals surface area contributed by atoms with Gasteiger partial charge in [-0.25, -0.2) is 9.97 Å². The van der Waals surface area contributed by atoms with Crippen LogP contribution in [0.3, 0.4) is 0 Å². The lowest BCUT2D eigenvalue weighted by Gasteiger charge is -2.19. The summed E-state index contributed by atoms with van der Waals surface area (Å²) in [4.78, 5) is 25.5. The highest BCUT2D eigenvalue weighted by atomic mass is 35.5. The summed E-state index contributed by atoms with van der Waals surface area (Å²) >= 11 is 6.33. The molecule has 3 N–H and O–H groups in total. The normalized spacial score (nSPS) is 17.1.